The van der Waals surface area contributed by atoms with Crippen molar-refractivity contribution in [3.8, 4) is 11.3 Å². The number of H-pyrrole nitrogens is 2. The van der Waals surface area contributed by atoms with Gasteiger partial charge in [0.05, 0.1) is 28.2 Å². The molecule has 0 aliphatic rings. The summed E-state index contributed by atoms with van der Waals surface area (Å²) in [5.41, 5.74) is 4.67. The van der Waals surface area contributed by atoms with E-state index in [4.69, 9.17) is 16.6 Å². The van der Waals surface area contributed by atoms with Gasteiger partial charge in [0.15, 0.2) is 5.16 Å². The van der Waals surface area contributed by atoms with Crippen molar-refractivity contribution in [2.24, 2.45) is 0 Å². The number of halogens is 2. The van der Waals surface area contributed by atoms with E-state index in [0.29, 0.717) is 5.02 Å². The van der Waals surface area contributed by atoms with Crippen molar-refractivity contribution in [3.63, 3.8) is 0 Å². The van der Waals surface area contributed by atoms with Crippen LogP contribution in [0.3, 0.4) is 0 Å². The fourth-order valence-electron chi connectivity index (χ4n) is 3.27. The summed E-state index contributed by atoms with van der Waals surface area (Å²) in [5.74, 6) is 0.573. The summed E-state index contributed by atoms with van der Waals surface area (Å²) in [4.78, 5) is 16.1. The molecule has 0 radical (unpaired) electrons. The highest BCUT2D eigenvalue weighted by molar-refractivity contribution is 7.99. The fourth-order valence-corrected chi connectivity index (χ4v) is 4.41. The van der Waals surface area contributed by atoms with E-state index in [9.17, 15) is 4.39 Å². The number of imidazole rings is 2. The number of benzene rings is 3. The van der Waals surface area contributed by atoms with Crippen LogP contribution in [0, 0.1) is 5.82 Å². The predicted octanol–water partition coefficient (Wildman–Crippen LogP) is 6.63. The molecule has 0 saturated heterocycles. The van der Waals surface area contributed by atoms with Crippen molar-refractivity contribution in [1.82, 2.24) is 19.9 Å². The van der Waals surface area contributed by atoms with E-state index < -0.39 is 0 Å². The van der Waals surface area contributed by atoms with Crippen LogP contribution in [0.4, 0.5) is 4.39 Å². The third-order valence-electron chi connectivity index (χ3n) is 4.77. The first-order chi connectivity index (χ1) is 14.7. The van der Waals surface area contributed by atoms with Crippen LogP contribution in [-0.4, -0.2) is 19.9 Å². The van der Waals surface area contributed by atoms with Gasteiger partial charge in [0.1, 0.15) is 11.6 Å². The Bertz CT molecular complexity index is 1260. The maximum absolute atomic E-state index is 13.2. The Morgan fingerprint density at radius 2 is 1.67 bits per heavy atom. The lowest BCUT2D eigenvalue weighted by Crippen LogP contribution is -2.00. The van der Waals surface area contributed by atoms with E-state index in [1.807, 2.05) is 48.5 Å². The third kappa shape index (κ3) is 3.84. The van der Waals surface area contributed by atoms with Gasteiger partial charge in [0, 0.05) is 5.02 Å². The first-order valence-electron chi connectivity index (χ1n) is 9.33. The Morgan fingerprint density at radius 3 is 2.43 bits per heavy atom. The smallest absolute Gasteiger partial charge is 0.166 e. The lowest BCUT2D eigenvalue weighted by molar-refractivity contribution is 0.628. The molecule has 0 bridgehead atoms. The lowest BCUT2D eigenvalue weighted by Gasteiger charge is -2.13. The molecule has 1 atom stereocenters. The zero-order valence-corrected chi connectivity index (χ0v) is 17.2. The Hall–Kier alpha value is -3.09. The molecule has 148 valence electrons. The number of aromatic amines is 2. The predicted molar refractivity (Wildman–Crippen MR) is 119 cm³/mol. The van der Waals surface area contributed by atoms with Crippen LogP contribution in [0.2, 0.25) is 5.02 Å². The maximum atomic E-state index is 13.2. The normalized spacial score (nSPS) is 12.3. The molecule has 2 heterocycles. The SMILES string of the molecule is Fc1ccc(-c2cnc(SC(c3ccc(Cl)cc3)c3nc4ccccc4[nH]3)[nH]2)cc1. The minimum atomic E-state index is -0.263. The molecule has 0 aliphatic carbocycles. The molecule has 0 saturated carbocycles. The van der Waals surface area contributed by atoms with Gasteiger partial charge in [-0.1, -0.05) is 47.6 Å². The number of aromatic nitrogens is 4. The van der Waals surface area contributed by atoms with Crippen molar-refractivity contribution in [2.75, 3.05) is 0 Å². The van der Waals surface area contributed by atoms with Gasteiger partial charge in [-0.3, -0.25) is 0 Å². The molecule has 1 unspecified atom stereocenters. The van der Waals surface area contributed by atoms with E-state index in [1.165, 1.54) is 12.1 Å². The Morgan fingerprint density at radius 1 is 0.900 bits per heavy atom. The quantitative estimate of drug-likeness (QED) is 0.305. The Balaban J connectivity index is 1.51. The fraction of sp³-hybridized carbons (Fsp3) is 0.0435. The summed E-state index contributed by atoms with van der Waals surface area (Å²) in [6, 6.07) is 22.0. The molecule has 7 heteroatoms. The Kier molecular flexibility index (Phi) is 5.02. The Labute approximate surface area is 181 Å². The second-order valence-corrected chi connectivity index (χ2v) is 8.33. The van der Waals surface area contributed by atoms with Gasteiger partial charge in [-0.05, 0) is 59.7 Å². The molecule has 2 N–H and O–H groups in total. The molecule has 4 nitrogen and oxygen atoms in total. The average Bonchev–Trinajstić information content (AvgIpc) is 3.40. The van der Waals surface area contributed by atoms with Gasteiger partial charge in [0.25, 0.3) is 0 Å². The van der Waals surface area contributed by atoms with E-state index in [1.54, 1.807) is 30.1 Å². The molecule has 3 aromatic carbocycles. The minimum Gasteiger partial charge on any atom is -0.341 e. The van der Waals surface area contributed by atoms with Crippen LogP contribution in [-0.2, 0) is 0 Å². The molecule has 0 amide bonds. The summed E-state index contributed by atoms with van der Waals surface area (Å²) >= 11 is 7.65. The van der Waals surface area contributed by atoms with Crippen LogP contribution in [0.15, 0.2) is 84.1 Å². The van der Waals surface area contributed by atoms with Crippen molar-refractivity contribution in [3.05, 3.63) is 101 Å². The summed E-state index contributed by atoms with van der Waals surface area (Å²) in [7, 11) is 0. The number of thioether (sulfide) groups is 1. The van der Waals surface area contributed by atoms with E-state index >= 15 is 0 Å². The molecular weight excluding hydrogens is 419 g/mol. The standard InChI is InChI=1S/C23H16ClFN4S/c24-16-9-5-15(6-10-16)21(22-27-18-3-1-2-4-19(18)28-22)30-23-26-13-20(29-23)14-7-11-17(25)12-8-14/h1-13,21H,(H,26,29)(H,27,28). The number of rotatable bonds is 5. The number of para-hydroxylation sites is 2. The number of hydrogen-bond acceptors (Lipinski definition) is 3. The highest BCUT2D eigenvalue weighted by Crippen LogP contribution is 2.39. The number of nitrogens with one attached hydrogen (secondary N) is 2. The summed E-state index contributed by atoms with van der Waals surface area (Å²) in [6.45, 7) is 0. The van der Waals surface area contributed by atoms with Gasteiger partial charge in [0.2, 0.25) is 0 Å². The molecule has 30 heavy (non-hydrogen) atoms. The first-order valence-corrected chi connectivity index (χ1v) is 10.6. The number of nitrogens with zero attached hydrogens (tertiary/aromatic N) is 2. The monoisotopic (exact) mass is 434 g/mol. The zero-order valence-electron chi connectivity index (χ0n) is 15.6. The molecule has 2 aromatic heterocycles. The molecule has 0 fully saturated rings. The van der Waals surface area contributed by atoms with E-state index in [0.717, 1.165) is 38.8 Å². The maximum Gasteiger partial charge on any atom is 0.166 e. The average molecular weight is 435 g/mol. The topological polar surface area (TPSA) is 57.4 Å². The van der Waals surface area contributed by atoms with Gasteiger partial charge < -0.3 is 9.97 Å². The number of hydrogen-bond donors (Lipinski definition) is 2. The van der Waals surface area contributed by atoms with Gasteiger partial charge in [-0.2, -0.15) is 0 Å². The highest BCUT2D eigenvalue weighted by atomic mass is 35.5. The zero-order chi connectivity index (χ0) is 20.5. The van der Waals surface area contributed by atoms with Crippen LogP contribution >= 0.6 is 23.4 Å². The molecule has 5 aromatic rings. The summed E-state index contributed by atoms with van der Waals surface area (Å²) in [5, 5.41) is 1.32. The van der Waals surface area contributed by atoms with E-state index in [2.05, 4.69) is 15.0 Å². The molecule has 0 spiro atoms. The molecular formula is C23H16ClFN4S. The van der Waals surface area contributed by atoms with E-state index in [-0.39, 0.29) is 11.1 Å². The van der Waals surface area contributed by atoms with Crippen molar-refractivity contribution in [1.29, 1.82) is 0 Å². The number of fused-ring (bicyclic) bond motifs is 1. The van der Waals surface area contributed by atoms with Crippen molar-refractivity contribution < 1.29 is 4.39 Å². The van der Waals surface area contributed by atoms with Gasteiger partial charge in [-0.25, -0.2) is 14.4 Å². The largest absolute Gasteiger partial charge is 0.341 e. The molecule has 5 rings (SSSR count). The second kappa shape index (κ2) is 7.97. The molecule has 0 aliphatic heterocycles. The summed E-state index contributed by atoms with van der Waals surface area (Å²) in [6.07, 6.45) is 1.76. The highest BCUT2D eigenvalue weighted by Gasteiger charge is 2.21. The van der Waals surface area contributed by atoms with Crippen LogP contribution in [0.1, 0.15) is 16.6 Å². The van der Waals surface area contributed by atoms with Crippen LogP contribution in [0.25, 0.3) is 22.3 Å². The minimum absolute atomic E-state index is 0.109. The first kappa shape index (κ1) is 18.9. The van der Waals surface area contributed by atoms with Gasteiger partial charge >= 0.3 is 0 Å². The van der Waals surface area contributed by atoms with Gasteiger partial charge in [-0.15, -0.1) is 0 Å². The van der Waals surface area contributed by atoms with Crippen molar-refractivity contribution in [2.45, 2.75) is 10.4 Å². The second-order valence-electron chi connectivity index (χ2n) is 6.80. The summed E-state index contributed by atoms with van der Waals surface area (Å²) < 4.78 is 13.2. The van der Waals surface area contributed by atoms with Crippen molar-refractivity contribution >= 4 is 34.4 Å². The third-order valence-corrected chi connectivity index (χ3v) is 6.18. The van der Waals surface area contributed by atoms with Crippen LogP contribution < -0.4 is 0 Å². The van der Waals surface area contributed by atoms with Crippen LogP contribution in [0.5, 0.6) is 0 Å². The lowest BCUT2D eigenvalue weighted by atomic mass is 10.1.